The van der Waals surface area contributed by atoms with Crippen LogP contribution >= 0.6 is 11.6 Å². The molecule has 1 aliphatic rings. The van der Waals surface area contributed by atoms with E-state index < -0.39 is 6.04 Å². The van der Waals surface area contributed by atoms with Gasteiger partial charge >= 0.3 is 5.97 Å². The Bertz CT molecular complexity index is 350. The molecule has 0 bridgehead atoms. The van der Waals surface area contributed by atoms with Crippen LogP contribution in [-0.4, -0.2) is 12.0 Å². The van der Waals surface area contributed by atoms with Gasteiger partial charge in [-0.05, 0) is 17.7 Å². The van der Waals surface area contributed by atoms with E-state index in [1.807, 2.05) is 12.1 Å². The second-order valence-corrected chi connectivity index (χ2v) is 3.76. The van der Waals surface area contributed by atoms with E-state index in [-0.39, 0.29) is 12.1 Å². The lowest BCUT2D eigenvalue weighted by Gasteiger charge is -2.08. The number of halogens is 1. The van der Waals surface area contributed by atoms with Crippen LogP contribution in [0.5, 0.6) is 0 Å². The van der Waals surface area contributed by atoms with Gasteiger partial charge in [-0.3, -0.25) is 4.79 Å². The van der Waals surface area contributed by atoms with Gasteiger partial charge in [-0.15, -0.1) is 0 Å². The fourth-order valence-corrected chi connectivity index (χ4v) is 1.61. The monoisotopic (exact) mass is 211 g/mol. The minimum absolute atomic E-state index is 0.213. The van der Waals surface area contributed by atoms with Crippen LogP contribution in [0.4, 0.5) is 0 Å². The van der Waals surface area contributed by atoms with Gasteiger partial charge in [-0.2, -0.15) is 0 Å². The molecule has 0 spiro atoms. The van der Waals surface area contributed by atoms with Crippen LogP contribution < -0.4 is 5.73 Å². The molecule has 1 aromatic carbocycles. The third-order valence-corrected chi connectivity index (χ3v) is 2.52. The number of esters is 1. The topological polar surface area (TPSA) is 52.3 Å². The van der Waals surface area contributed by atoms with Crippen molar-refractivity contribution in [3.8, 4) is 0 Å². The standard InChI is InChI=1S/C10H10ClNO2/c11-7-3-1-6(2-4-7)9-5-8(12)10(13)14-9/h1-4,8-9H,5,12H2. The summed E-state index contributed by atoms with van der Waals surface area (Å²) in [5.41, 5.74) is 6.48. The molecule has 14 heavy (non-hydrogen) atoms. The Labute approximate surface area is 86.8 Å². The van der Waals surface area contributed by atoms with E-state index in [2.05, 4.69) is 0 Å². The second kappa shape index (κ2) is 3.59. The fourth-order valence-electron chi connectivity index (χ4n) is 1.48. The first-order valence-electron chi connectivity index (χ1n) is 4.38. The molecule has 2 N–H and O–H groups in total. The van der Waals surface area contributed by atoms with Crippen LogP contribution in [0.25, 0.3) is 0 Å². The average Bonchev–Trinajstić information content (AvgIpc) is 2.48. The fraction of sp³-hybridized carbons (Fsp3) is 0.300. The van der Waals surface area contributed by atoms with Gasteiger partial charge < -0.3 is 10.5 Å². The second-order valence-electron chi connectivity index (χ2n) is 3.32. The molecule has 4 heteroatoms. The number of rotatable bonds is 1. The number of hydrogen-bond donors (Lipinski definition) is 1. The average molecular weight is 212 g/mol. The van der Waals surface area contributed by atoms with Crippen molar-refractivity contribution in [3.63, 3.8) is 0 Å². The Morgan fingerprint density at radius 1 is 1.36 bits per heavy atom. The van der Waals surface area contributed by atoms with Crippen LogP contribution in [0.2, 0.25) is 5.02 Å². The summed E-state index contributed by atoms with van der Waals surface area (Å²) in [6, 6.07) is 6.75. The van der Waals surface area contributed by atoms with Crippen LogP contribution in [0.3, 0.4) is 0 Å². The van der Waals surface area contributed by atoms with Crippen molar-refractivity contribution in [2.45, 2.75) is 18.6 Å². The minimum Gasteiger partial charge on any atom is -0.456 e. The van der Waals surface area contributed by atoms with Crippen molar-refractivity contribution in [1.82, 2.24) is 0 Å². The first-order chi connectivity index (χ1) is 6.66. The third-order valence-electron chi connectivity index (χ3n) is 2.27. The maximum Gasteiger partial charge on any atom is 0.323 e. The molecule has 0 aromatic heterocycles. The van der Waals surface area contributed by atoms with Crippen molar-refractivity contribution in [2.75, 3.05) is 0 Å². The lowest BCUT2D eigenvalue weighted by Crippen LogP contribution is -2.24. The summed E-state index contributed by atoms with van der Waals surface area (Å²) in [4.78, 5) is 11.1. The molecule has 2 atom stereocenters. The zero-order valence-corrected chi connectivity index (χ0v) is 8.20. The molecule has 0 saturated carbocycles. The molecule has 1 aromatic rings. The Kier molecular flexibility index (Phi) is 2.44. The molecule has 3 nitrogen and oxygen atoms in total. The van der Waals surface area contributed by atoms with Gasteiger partial charge in [0.1, 0.15) is 12.1 Å². The van der Waals surface area contributed by atoms with E-state index in [0.717, 1.165) is 5.56 Å². The van der Waals surface area contributed by atoms with Gasteiger partial charge in [0.25, 0.3) is 0 Å². The SMILES string of the molecule is NC1CC(c2ccc(Cl)cc2)OC1=O. The lowest BCUT2D eigenvalue weighted by atomic mass is 10.1. The molecule has 1 aliphatic heterocycles. The molecule has 0 aliphatic carbocycles. The maximum atomic E-state index is 11.1. The Morgan fingerprint density at radius 2 is 2.00 bits per heavy atom. The van der Waals surface area contributed by atoms with Crippen molar-refractivity contribution < 1.29 is 9.53 Å². The van der Waals surface area contributed by atoms with E-state index in [0.29, 0.717) is 11.4 Å². The molecule has 1 fully saturated rings. The summed E-state index contributed by atoms with van der Waals surface area (Å²) in [6.07, 6.45) is 0.329. The zero-order chi connectivity index (χ0) is 10.1. The summed E-state index contributed by atoms with van der Waals surface area (Å²) in [5.74, 6) is -0.329. The highest BCUT2D eigenvalue weighted by Gasteiger charge is 2.32. The number of carbonyl (C=O) groups excluding carboxylic acids is 1. The van der Waals surface area contributed by atoms with Crippen molar-refractivity contribution >= 4 is 17.6 Å². The molecule has 1 saturated heterocycles. The lowest BCUT2D eigenvalue weighted by molar-refractivity contribution is -0.142. The Balaban J connectivity index is 2.17. The summed E-state index contributed by atoms with van der Waals surface area (Å²) < 4.78 is 5.09. The van der Waals surface area contributed by atoms with Crippen LogP contribution in [0.1, 0.15) is 18.1 Å². The normalized spacial score (nSPS) is 26.3. The summed E-state index contributed by atoms with van der Waals surface area (Å²) in [7, 11) is 0. The van der Waals surface area contributed by atoms with E-state index in [1.165, 1.54) is 0 Å². The zero-order valence-electron chi connectivity index (χ0n) is 7.44. The molecule has 0 radical (unpaired) electrons. The Morgan fingerprint density at radius 3 is 2.50 bits per heavy atom. The van der Waals surface area contributed by atoms with Gasteiger partial charge in [0.2, 0.25) is 0 Å². The van der Waals surface area contributed by atoms with Crippen LogP contribution in [0.15, 0.2) is 24.3 Å². The first-order valence-corrected chi connectivity index (χ1v) is 4.76. The molecule has 1 heterocycles. The van der Waals surface area contributed by atoms with Gasteiger partial charge in [0, 0.05) is 11.4 Å². The summed E-state index contributed by atoms with van der Waals surface area (Å²) in [5, 5.41) is 0.669. The quantitative estimate of drug-likeness (QED) is 0.719. The summed E-state index contributed by atoms with van der Waals surface area (Å²) in [6.45, 7) is 0. The van der Waals surface area contributed by atoms with Crippen molar-refractivity contribution in [3.05, 3.63) is 34.9 Å². The highest BCUT2D eigenvalue weighted by Crippen LogP contribution is 2.29. The first kappa shape index (κ1) is 9.49. The Hall–Kier alpha value is -1.06. The number of cyclic esters (lactones) is 1. The minimum atomic E-state index is -0.490. The predicted octanol–water partition coefficient (Wildman–Crippen LogP) is 1.66. The van der Waals surface area contributed by atoms with E-state index in [9.17, 15) is 4.79 Å². The van der Waals surface area contributed by atoms with Gasteiger partial charge in [0.05, 0.1) is 0 Å². The number of carbonyl (C=O) groups is 1. The molecule has 0 amide bonds. The summed E-state index contributed by atoms with van der Waals surface area (Å²) >= 11 is 5.74. The van der Waals surface area contributed by atoms with Crippen LogP contribution in [0, 0.1) is 0 Å². The number of ether oxygens (including phenoxy) is 1. The largest absolute Gasteiger partial charge is 0.456 e. The highest BCUT2D eigenvalue weighted by molar-refractivity contribution is 6.30. The van der Waals surface area contributed by atoms with Crippen molar-refractivity contribution in [2.24, 2.45) is 5.73 Å². The molecule has 2 rings (SSSR count). The van der Waals surface area contributed by atoms with Crippen molar-refractivity contribution in [1.29, 1.82) is 0 Å². The number of nitrogens with two attached hydrogens (primary N) is 1. The molecular formula is C10H10ClNO2. The molecule has 74 valence electrons. The van der Waals surface area contributed by atoms with Gasteiger partial charge in [-0.1, -0.05) is 23.7 Å². The van der Waals surface area contributed by atoms with Gasteiger partial charge in [-0.25, -0.2) is 0 Å². The van der Waals surface area contributed by atoms with E-state index in [4.69, 9.17) is 22.1 Å². The maximum absolute atomic E-state index is 11.1. The van der Waals surface area contributed by atoms with E-state index >= 15 is 0 Å². The smallest absolute Gasteiger partial charge is 0.323 e. The third kappa shape index (κ3) is 1.74. The molecule has 2 unspecified atom stereocenters. The predicted molar refractivity (Wildman–Crippen MR) is 52.9 cm³/mol. The molecular weight excluding hydrogens is 202 g/mol. The number of benzene rings is 1. The van der Waals surface area contributed by atoms with E-state index in [1.54, 1.807) is 12.1 Å². The van der Waals surface area contributed by atoms with Gasteiger partial charge in [0.15, 0.2) is 0 Å². The highest BCUT2D eigenvalue weighted by atomic mass is 35.5. The number of hydrogen-bond acceptors (Lipinski definition) is 3. The van der Waals surface area contributed by atoms with Crippen LogP contribution in [-0.2, 0) is 9.53 Å².